The molecule has 10 heteroatoms. The quantitative estimate of drug-likeness (QED) is 0.396. The molecule has 2 aromatic heterocycles. The molecule has 174 valence electrons. The van der Waals surface area contributed by atoms with Crippen molar-refractivity contribution in [2.45, 2.75) is 0 Å². The Morgan fingerprint density at radius 2 is 2.00 bits per heavy atom. The normalized spacial score (nSPS) is 13.8. The highest BCUT2D eigenvalue weighted by molar-refractivity contribution is 6.33. The van der Waals surface area contributed by atoms with Crippen LogP contribution in [0.4, 0.5) is 15.9 Å². The number of H-pyrrole nitrogens is 1. The highest BCUT2D eigenvalue weighted by Crippen LogP contribution is 2.34. The van der Waals surface area contributed by atoms with Crippen LogP contribution in [0.2, 0.25) is 5.02 Å². The summed E-state index contributed by atoms with van der Waals surface area (Å²) in [6.45, 7) is 2.76. The van der Waals surface area contributed by atoms with Gasteiger partial charge in [0.1, 0.15) is 23.1 Å². The van der Waals surface area contributed by atoms with Gasteiger partial charge in [0.2, 0.25) is 0 Å². The molecule has 1 fully saturated rings. The smallest absolute Gasteiger partial charge is 0.257 e. The van der Waals surface area contributed by atoms with Crippen LogP contribution in [0.1, 0.15) is 10.4 Å². The van der Waals surface area contributed by atoms with Crippen molar-refractivity contribution < 1.29 is 13.9 Å². The third-order valence-corrected chi connectivity index (χ3v) is 5.99. The number of halogens is 2. The number of hydrogen-bond donors (Lipinski definition) is 3. The van der Waals surface area contributed by atoms with Crippen molar-refractivity contribution in [2.24, 2.45) is 0 Å². The summed E-state index contributed by atoms with van der Waals surface area (Å²) in [5, 5.41) is 7.48. The summed E-state index contributed by atoms with van der Waals surface area (Å²) in [5.74, 6) is 0.440. The number of methoxy groups -OCH3 is 1. The van der Waals surface area contributed by atoms with Gasteiger partial charge in [-0.05, 0) is 30.3 Å². The zero-order valence-electron chi connectivity index (χ0n) is 18.4. The SMILES string of the molecule is COc1cc(Nc2cncc(-c3cc4cc(F)ccc4[nH]3)n2)c(Cl)cc1C(=O)N1CCNCC1. The van der Waals surface area contributed by atoms with Crippen LogP contribution in [0.15, 0.2) is 48.8 Å². The van der Waals surface area contributed by atoms with E-state index in [0.717, 1.165) is 24.0 Å². The molecular weight excluding hydrogens is 459 g/mol. The first-order chi connectivity index (χ1) is 16.5. The molecule has 0 unspecified atom stereocenters. The molecule has 2 aromatic carbocycles. The number of carbonyl (C=O) groups is 1. The van der Waals surface area contributed by atoms with Crippen LogP contribution in [0, 0.1) is 5.82 Å². The minimum absolute atomic E-state index is 0.121. The number of hydrogen-bond acceptors (Lipinski definition) is 6. The zero-order valence-corrected chi connectivity index (χ0v) is 19.1. The Hall–Kier alpha value is -3.69. The van der Waals surface area contributed by atoms with E-state index in [9.17, 15) is 9.18 Å². The van der Waals surface area contributed by atoms with Gasteiger partial charge in [0.15, 0.2) is 0 Å². The molecule has 0 bridgehead atoms. The van der Waals surface area contributed by atoms with Crippen LogP contribution in [-0.4, -0.2) is 59.0 Å². The van der Waals surface area contributed by atoms with Crippen LogP contribution in [0.3, 0.4) is 0 Å². The lowest BCUT2D eigenvalue weighted by Gasteiger charge is -2.28. The van der Waals surface area contributed by atoms with Gasteiger partial charge in [0.25, 0.3) is 5.91 Å². The molecule has 1 aliphatic heterocycles. The minimum Gasteiger partial charge on any atom is -0.496 e. The summed E-state index contributed by atoms with van der Waals surface area (Å²) in [6.07, 6.45) is 3.18. The van der Waals surface area contributed by atoms with E-state index < -0.39 is 0 Å². The van der Waals surface area contributed by atoms with Gasteiger partial charge in [-0.3, -0.25) is 9.78 Å². The van der Waals surface area contributed by atoms with Crippen molar-refractivity contribution in [1.82, 2.24) is 25.2 Å². The van der Waals surface area contributed by atoms with Crippen molar-refractivity contribution in [1.29, 1.82) is 0 Å². The Morgan fingerprint density at radius 3 is 2.79 bits per heavy atom. The van der Waals surface area contributed by atoms with E-state index >= 15 is 0 Å². The molecule has 1 aliphatic rings. The van der Waals surface area contributed by atoms with Crippen LogP contribution in [0.5, 0.6) is 5.75 Å². The second kappa shape index (κ2) is 9.28. The Labute approximate surface area is 200 Å². The number of nitrogens with one attached hydrogen (secondary N) is 3. The predicted molar refractivity (Wildman–Crippen MR) is 129 cm³/mol. The maximum atomic E-state index is 13.5. The fraction of sp³-hybridized carbons (Fsp3) is 0.208. The highest BCUT2D eigenvalue weighted by atomic mass is 35.5. The van der Waals surface area contributed by atoms with E-state index in [4.69, 9.17) is 16.3 Å². The number of nitrogens with zero attached hydrogens (tertiary/aromatic N) is 3. The molecule has 1 saturated heterocycles. The van der Waals surface area contributed by atoms with Gasteiger partial charge in [0, 0.05) is 43.1 Å². The number of aromatic nitrogens is 3. The Bertz CT molecular complexity index is 1370. The molecule has 8 nitrogen and oxygen atoms in total. The summed E-state index contributed by atoms with van der Waals surface area (Å²) in [7, 11) is 1.51. The summed E-state index contributed by atoms with van der Waals surface area (Å²) >= 11 is 6.53. The number of carbonyl (C=O) groups excluding carboxylic acids is 1. The molecule has 0 saturated carbocycles. The summed E-state index contributed by atoms with van der Waals surface area (Å²) < 4.78 is 19.0. The first kappa shape index (κ1) is 22.1. The number of aromatic amines is 1. The molecule has 1 amide bonds. The predicted octanol–water partition coefficient (Wildman–Crippen LogP) is 4.22. The van der Waals surface area contributed by atoms with Gasteiger partial charge < -0.3 is 25.3 Å². The van der Waals surface area contributed by atoms with Crippen molar-refractivity contribution in [2.75, 3.05) is 38.6 Å². The standard InChI is InChI=1S/C24H22ClFN6O2/c1-34-22-11-19(17(25)10-16(22)24(33)32-6-4-27-5-7-32)30-23-13-28-12-21(31-23)20-9-14-8-15(26)2-3-18(14)29-20/h2-3,8-13,27,29H,4-7H2,1H3,(H,30,31). The van der Waals surface area contributed by atoms with E-state index in [1.54, 1.807) is 35.5 Å². The molecule has 0 atom stereocenters. The third kappa shape index (κ3) is 4.40. The number of rotatable bonds is 5. The summed E-state index contributed by atoms with van der Waals surface area (Å²) in [6, 6.07) is 9.64. The second-order valence-electron chi connectivity index (χ2n) is 7.90. The number of piperazine rings is 1. The average Bonchev–Trinajstić information content (AvgIpc) is 3.28. The molecule has 5 rings (SSSR count). The summed E-state index contributed by atoms with van der Waals surface area (Å²) in [4.78, 5) is 26.9. The van der Waals surface area contributed by atoms with E-state index in [-0.39, 0.29) is 11.7 Å². The zero-order chi connectivity index (χ0) is 23.7. The largest absolute Gasteiger partial charge is 0.496 e. The van der Waals surface area contributed by atoms with Crippen LogP contribution < -0.4 is 15.4 Å². The maximum Gasteiger partial charge on any atom is 0.257 e. The first-order valence-corrected chi connectivity index (χ1v) is 11.1. The average molecular weight is 481 g/mol. The maximum absolute atomic E-state index is 13.5. The van der Waals surface area contributed by atoms with E-state index in [1.165, 1.54) is 19.2 Å². The molecule has 34 heavy (non-hydrogen) atoms. The fourth-order valence-corrected chi connectivity index (χ4v) is 4.17. The van der Waals surface area contributed by atoms with Crippen LogP contribution in [0.25, 0.3) is 22.3 Å². The second-order valence-corrected chi connectivity index (χ2v) is 8.31. The van der Waals surface area contributed by atoms with Crippen molar-refractivity contribution >= 4 is 39.9 Å². The van der Waals surface area contributed by atoms with Gasteiger partial charge in [-0.15, -0.1) is 0 Å². The molecule has 3 N–H and O–H groups in total. The summed E-state index contributed by atoms with van der Waals surface area (Å²) in [5.41, 5.74) is 3.02. The Kier molecular flexibility index (Phi) is 6.04. The van der Waals surface area contributed by atoms with E-state index in [1.807, 2.05) is 6.07 Å². The number of benzene rings is 2. The molecular formula is C24H22ClFN6O2. The molecule has 4 aromatic rings. The van der Waals surface area contributed by atoms with E-state index in [2.05, 4.69) is 25.6 Å². The van der Waals surface area contributed by atoms with E-state index in [0.29, 0.717) is 52.3 Å². The lowest BCUT2D eigenvalue weighted by molar-refractivity contribution is 0.0732. The highest BCUT2D eigenvalue weighted by Gasteiger charge is 2.23. The third-order valence-electron chi connectivity index (χ3n) is 5.68. The molecule has 0 radical (unpaired) electrons. The van der Waals surface area contributed by atoms with Gasteiger partial charge in [-0.25, -0.2) is 9.37 Å². The van der Waals surface area contributed by atoms with Gasteiger partial charge >= 0.3 is 0 Å². The minimum atomic E-state index is -0.304. The van der Waals surface area contributed by atoms with Crippen LogP contribution in [-0.2, 0) is 0 Å². The molecule has 0 spiro atoms. The Balaban J connectivity index is 1.42. The molecule has 0 aliphatic carbocycles. The lowest BCUT2D eigenvalue weighted by atomic mass is 10.1. The Morgan fingerprint density at radius 1 is 1.18 bits per heavy atom. The lowest BCUT2D eigenvalue weighted by Crippen LogP contribution is -2.46. The number of ether oxygens (including phenoxy) is 1. The van der Waals surface area contributed by atoms with Gasteiger partial charge in [-0.1, -0.05) is 11.6 Å². The van der Waals surface area contributed by atoms with Gasteiger partial charge in [-0.2, -0.15) is 0 Å². The van der Waals surface area contributed by atoms with Gasteiger partial charge in [0.05, 0.1) is 41.5 Å². The molecule has 3 heterocycles. The van der Waals surface area contributed by atoms with Crippen LogP contribution >= 0.6 is 11.6 Å². The van der Waals surface area contributed by atoms with Crippen molar-refractivity contribution in [3.8, 4) is 17.1 Å². The van der Waals surface area contributed by atoms with Crippen molar-refractivity contribution in [3.63, 3.8) is 0 Å². The number of fused-ring (bicyclic) bond motifs is 1. The topological polar surface area (TPSA) is 95.2 Å². The monoisotopic (exact) mass is 480 g/mol. The number of anilines is 2. The number of amides is 1. The fourth-order valence-electron chi connectivity index (χ4n) is 3.96. The van der Waals surface area contributed by atoms with Crippen molar-refractivity contribution in [3.05, 3.63) is 65.2 Å². The first-order valence-electron chi connectivity index (χ1n) is 10.8.